The average Bonchev–Trinajstić information content (AvgIpc) is 2.61. The molecular formula is C24H30N2O2. The van der Waals surface area contributed by atoms with Gasteiger partial charge in [0.15, 0.2) is 0 Å². The SMILES string of the molecule is CC(C)(C)OC(=O)N[C@H]1CCC12CN(C(c1ccccc1)c1ccccc1)C2. The Hall–Kier alpha value is -2.33. The van der Waals surface area contributed by atoms with Crippen molar-refractivity contribution < 1.29 is 9.53 Å². The summed E-state index contributed by atoms with van der Waals surface area (Å²) in [4.78, 5) is 14.7. The maximum absolute atomic E-state index is 12.2. The van der Waals surface area contributed by atoms with Crippen molar-refractivity contribution in [1.29, 1.82) is 0 Å². The van der Waals surface area contributed by atoms with Crippen LogP contribution in [0.5, 0.6) is 0 Å². The third-order valence-corrected chi connectivity index (χ3v) is 5.99. The lowest BCUT2D eigenvalue weighted by Gasteiger charge is -2.62. The Morgan fingerprint density at radius 2 is 1.57 bits per heavy atom. The van der Waals surface area contributed by atoms with Gasteiger partial charge in [-0.25, -0.2) is 4.79 Å². The van der Waals surface area contributed by atoms with E-state index >= 15 is 0 Å². The minimum atomic E-state index is -0.460. The van der Waals surface area contributed by atoms with Crippen LogP contribution in [-0.2, 0) is 4.74 Å². The Kier molecular flexibility index (Phi) is 4.92. The van der Waals surface area contributed by atoms with Crippen molar-refractivity contribution in [2.75, 3.05) is 13.1 Å². The summed E-state index contributed by atoms with van der Waals surface area (Å²) in [6.45, 7) is 7.71. The number of carbonyl (C=O) groups is 1. The molecule has 1 amide bonds. The zero-order valence-electron chi connectivity index (χ0n) is 17.0. The van der Waals surface area contributed by atoms with Crippen LogP contribution in [0.2, 0.25) is 0 Å². The number of hydrogen-bond donors (Lipinski definition) is 1. The van der Waals surface area contributed by atoms with Crippen LogP contribution in [0.15, 0.2) is 60.7 Å². The van der Waals surface area contributed by atoms with Crippen LogP contribution in [0.4, 0.5) is 4.79 Å². The van der Waals surface area contributed by atoms with E-state index in [0.29, 0.717) is 0 Å². The van der Waals surface area contributed by atoms with Crippen LogP contribution in [0.1, 0.15) is 50.8 Å². The molecule has 0 radical (unpaired) electrons. The summed E-state index contributed by atoms with van der Waals surface area (Å²) in [7, 11) is 0. The molecule has 2 aromatic carbocycles. The third-order valence-electron chi connectivity index (χ3n) is 5.99. The van der Waals surface area contributed by atoms with E-state index in [1.54, 1.807) is 0 Å². The molecular weight excluding hydrogens is 348 g/mol. The Bertz CT molecular complexity index is 768. The number of ether oxygens (including phenoxy) is 1. The van der Waals surface area contributed by atoms with Crippen LogP contribution in [0, 0.1) is 5.41 Å². The normalized spacial score (nSPS) is 21.1. The van der Waals surface area contributed by atoms with Gasteiger partial charge < -0.3 is 10.1 Å². The van der Waals surface area contributed by atoms with Gasteiger partial charge in [0, 0.05) is 24.5 Å². The Morgan fingerprint density at radius 3 is 2.00 bits per heavy atom. The van der Waals surface area contributed by atoms with E-state index in [9.17, 15) is 4.79 Å². The number of benzene rings is 2. The topological polar surface area (TPSA) is 41.6 Å². The van der Waals surface area contributed by atoms with Crippen molar-refractivity contribution in [3.05, 3.63) is 71.8 Å². The van der Waals surface area contributed by atoms with Crippen molar-refractivity contribution in [3.8, 4) is 0 Å². The van der Waals surface area contributed by atoms with Crippen LogP contribution < -0.4 is 5.32 Å². The molecule has 28 heavy (non-hydrogen) atoms. The second kappa shape index (κ2) is 7.25. The van der Waals surface area contributed by atoms with E-state index < -0.39 is 5.60 Å². The fourth-order valence-electron chi connectivity index (χ4n) is 4.58. The van der Waals surface area contributed by atoms with Crippen LogP contribution in [0.25, 0.3) is 0 Å². The summed E-state index contributed by atoms with van der Waals surface area (Å²) in [6.07, 6.45) is 1.91. The molecule has 148 valence electrons. The molecule has 2 aliphatic rings. The monoisotopic (exact) mass is 378 g/mol. The molecule has 2 fully saturated rings. The molecule has 1 saturated carbocycles. The average molecular weight is 379 g/mol. The summed E-state index contributed by atoms with van der Waals surface area (Å²) in [5.74, 6) is 0. The van der Waals surface area contributed by atoms with E-state index in [1.165, 1.54) is 17.5 Å². The molecule has 4 nitrogen and oxygen atoms in total. The van der Waals surface area contributed by atoms with E-state index in [4.69, 9.17) is 4.74 Å². The zero-order chi connectivity index (χ0) is 19.8. The fourth-order valence-corrected chi connectivity index (χ4v) is 4.58. The summed E-state index contributed by atoms with van der Waals surface area (Å²) in [6, 6.07) is 21.9. The summed E-state index contributed by atoms with van der Waals surface area (Å²) in [5.41, 5.74) is 2.37. The van der Waals surface area contributed by atoms with Gasteiger partial charge in [-0.15, -0.1) is 0 Å². The maximum Gasteiger partial charge on any atom is 0.407 e. The number of likely N-dealkylation sites (tertiary alicyclic amines) is 1. The number of amides is 1. The van der Waals surface area contributed by atoms with Crippen molar-refractivity contribution in [2.45, 2.75) is 51.3 Å². The second-order valence-corrected chi connectivity index (χ2v) is 9.23. The molecule has 1 spiro atoms. The second-order valence-electron chi connectivity index (χ2n) is 9.23. The highest BCUT2D eigenvalue weighted by Gasteiger charge is 2.56. The first-order valence-corrected chi connectivity index (χ1v) is 10.2. The predicted octanol–water partition coefficient (Wildman–Crippen LogP) is 4.77. The molecule has 1 atom stereocenters. The smallest absolute Gasteiger partial charge is 0.407 e. The molecule has 1 saturated heterocycles. The highest BCUT2D eigenvalue weighted by molar-refractivity contribution is 5.68. The standard InChI is InChI=1S/C24H30N2O2/c1-23(2,3)28-22(27)25-20-14-15-24(20)16-26(17-24)21(18-10-6-4-7-11-18)19-12-8-5-9-13-19/h4-13,20-21H,14-17H2,1-3H3,(H,25,27)/t20-/m0/s1. The first-order valence-electron chi connectivity index (χ1n) is 10.2. The Labute approximate surface area is 167 Å². The first kappa shape index (κ1) is 19.0. The van der Waals surface area contributed by atoms with Crippen LogP contribution in [0.3, 0.4) is 0 Å². The Morgan fingerprint density at radius 1 is 1.04 bits per heavy atom. The maximum atomic E-state index is 12.2. The minimum absolute atomic E-state index is 0.193. The van der Waals surface area contributed by atoms with Gasteiger partial charge in [-0.1, -0.05) is 60.7 Å². The molecule has 1 aliphatic heterocycles. The summed E-state index contributed by atoms with van der Waals surface area (Å²) in [5, 5.41) is 3.12. The van der Waals surface area contributed by atoms with E-state index in [0.717, 1.165) is 19.5 Å². The van der Waals surface area contributed by atoms with E-state index in [-0.39, 0.29) is 23.6 Å². The molecule has 1 N–H and O–H groups in total. The van der Waals surface area contributed by atoms with Crippen LogP contribution >= 0.6 is 0 Å². The lowest BCUT2D eigenvalue weighted by atomic mass is 9.59. The van der Waals surface area contributed by atoms with Crippen molar-refractivity contribution in [3.63, 3.8) is 0 Å². The summed E-state index contributed by atoms with van der Waals surface area (Å²) < 4.78 is 5.46. The summed E-state index contributed by atoms with van der Waals surface area (Å²) >= 11 is 0. The lowest BCUT2D eigenvalue weighted by Crippen LogP contribution is -2.71. The number of nitrogens with one attached hydrogen (secondary N) is 1. The van der Waals surface area contributed by atoms with E-state index in [1.807, 2.05) is 20.8 Å². The molecule has 1 aliphatic carbocycles. The van der Waals surface area contributed by atoms with Gasteiger partial charge in [0.1, 0.15) is 5.60 Å². The van der Waals surface area contributed by atoms with Crippen molar-refractivity contribution >= 4 is 6.09 Å². The molecule has 1 heterocycles. The number of nitrogens with zero attached hydrogens (tertiary/aromatic N) is 1. The molecule has 4 heteroatoms. The molecule has 0 unspecified atom stereocenters. The number of hydrogen-bond acceptors (Lipinski definition) is 3. The zero-order valence-corrected chi connectivity index (χ0v) is 17.0. The fraction of sp³-hybridized carbons (Fsp3) is 0.458. The largest absolute Gasteiger partial charge is 0.444 e. The number of carbonyl (C=O) groups excluding carboxylic acids is 1. The molecule has 2 aromatic rings. The minimum Gasteiger partial charge on any atom is -0.444 e. The van der Waals surface area contributed by atoms with Gasteiger partial charge in [0.05, 0.1) is 6.04 Å². The highest BCUT2D eigenvalue weighted by atomic mass is 16.6. The van der Waals surface area contributed by atoms with Gasteiger partial charge in [0.25, 0.3) is 0 Å². The Balaban J connectivity index is 1.45. The van der Waals surface area contributed by atoms with Crippen molar-refractivity contribution in [2.24, 2.45) is 5.41 Å². The number of rotatable bonds is 4. The van der Waals surface area contributed by atoms with Gasteiger partial charge >= 0.3 is 6.09 Å². The lowest BCUT2D eigenvalue weighted by molar-refractivity contribution is -0.103. The van der Waals surface area contributed by atoms with Gasteiger partial charge in [-0.05, 0) is 44.7 Å². The highest BCUT2D eigenvalue weighted by Crippen LogP contribution is 2.51. The third kappa shape index (κ3) is 3.79. The molecule has 0 bridgehead atoms. The first-order chi connectivity index (χ1) is 13.4. The molecule has 0 aromatic heterocycles. The van der Waals surface area contributed by atoms with Gasteiger partial charge in [-0.3, -0.25) is 4.90 Å². The van der Waals surface area contributed by atoms with Gasteiger partial charge in [0.2, 0.25) is 0 Å². The van der Waals surface area contributed by atoms with E-state index in [2.05, 4.69) is 70.9 Å². The van der Waals surface area contributed by atoms with Crippen LogP contribution in [-0.4, -0.2) is 35.7 Å². The van der Waals surface area contributed by atoms with Crippen molar-refractivity contribution in [1.82, 2.24) is 10.2 Å². The quantitative estimate of drug-likeness (QED) is 0.834. The molecule has 4 rings (SSSR count). The number of alkyl carbamates (subject to hydrolysis) is 1. The predicted molar refractivity (Wildman–Crippen MR) is 111 cm³/mol. The van der Waals surface area contributed by atoms with Gasteiger partial charge in [-0.2, -0.15) is 0 Å².